The van der Waals surface area contributed by atoms with Crippen LogP contribution in [0.3, 0.4) is 0 Å². The van der Waals surface area contributed by atoms with Crippen LogP contribution >= 0.6 is 0 Å². The molecule has 0 radical (unpaired) electrons. The molecule has 0 aromatic heterocycles. The molecular weight excluding hydrogens is 346 g/mol. The largest absolute Gasteiger partial charge is 0.491 e. The van der Waals surface area contributed by atoms with Gasteiger partial charge < -0.3 is 14.8 Å². The zero-order chi connectivity index (χ0) is 20.6. The zero-order valence-electron chi connectivity index (χ0n) is 19.2. The average molecular weight is 391 g/mol. The van der Waals surface area contributed by atoms with Crippen LogP contribution in [0.2, 0.25) is 0 Å². The molecule has 1 saturated heterocycles. The number of hydrogen-bond acceptors (Lipinski definition) is 2. The van der Waals surface area contributed by atoms with Crippen LogP contribution in [0.1, 0.15) is 79.2 Å². The van der Waals surface area contributed by atoms with Gasteiger partial charge in [0.1, 0.15) is 12.3 Å². The Kier molecular flexibility index (Phi) is 9.30. The van der Waals surface area contributed by atoms with Gasteiger partial charge >= 0.3 is 0 Å². The summed E-state index contributed by atoms with van der Waals surface area (Å²) in [6.07, 6.45) is 7.14. The standard InChI is InChI=1S/C25H43NO2/c1-19(2)11-12-25(14-16-27-24(17-25)20(3)4)13-15-26-18-22-7-9-23(10-8-22)28-21(5)6/h7-10,19-21,24,26H,11-18H2,1-6H3/p+1/t24-,25-/m1/s1. The van der Waals surface area contributed by atoms with Crippen LogP contribution in [-0.4, -0.2) is 25.4 Å². The highest BCUT2D eigenvalue weighted by Crippen LogP contribution is 2.43. The van der Waals surface area contributed by atoms with Gasteiger partial charge in [0.15, 0.2) is 0 Å². The molecule has 0 unspecified atom stereocenters. The summed E-state index contributed by atoms with van der Waals surface area (Å²) in [4.78, 5) is 0. The second kappa shape index (κ2) is 11.2. The van der Waals surface area contributed by atoms with E-state index in [-0.39, 0.29) is 6.10 Å². The van der Waals surface area contributed by atoms with Gasteiger partial charge in [-0.3, -0.25) is 0 Å². The lowest BCUT2D eigenvalue weighted by molar-refractivity contribution is -0.672. The van der Waals surface area contributed by atoms with E-state index < -0.39 is 0 Å². The molecule has 0 aliphatic carbocycles. The predicted octanol–water partition coefficient (Wildman–Crippen LogP) is 5.18. The Bertz CT molecular complexity index is 552. The minimum Gasteiger partial charge on any atom is -0.491 e. The quantitative estimate of drug-likeness (QED) is 0.528. The molecular formula is C25H44NO2+. The Morgan fingerprint density at radius 2 is 1.79 bits per heavy atom. The van der Waals surface area contributed by atoms with Gasteiger partial charge in [0.25, 0.3) is 0 Å². The summed E-state index contributed by atoms with van der Waals surface area (Å²) < 4.78 is 11.8. The van der Waals surface area contributed by atoms with Crippen molar-refractivity contribution in [2.45, 2.75) is 92.4 Å². The molecule has 2 N–H and O–H groups in total. The van der Waals surface area contributed by atoms with Crippen molar-refractivity contribution in [1.29, 1.82) is 0 Å². The maximum absolute atomic E-state index is 6.09. The van der Waals surface area contributed by atoms with Gasteiger partial charge in [-0.2, -0.15) is 0 Å². The smallest absolute Gasteiger partial charge is 0.119 e. The third-order valence-electron chi connectivity index (χ3n) is 6.15. The van der Waals surface area contributed by atoms with E-state index in [2.05, 4.69) is 71.1 Å². The number of rotatable bonds is 11. The second-order valence-electron chi connectivity index (χ2n) is 9.88. The summed E-state index contributed by atoms with van der Waals surface area (Å²) in [5.41, 5.74) is 1.85. The van der Waals surface area contributed by atoms with E-state index >= 15 is 0 Å². The van der Waals surface area contributed by atoms with E-state index in [1.165, 1.54) is 44.2 Å². The summed E-state index contributed by atoms with van der Waals surface area (Å²) in [6.45, 7) is 16.6. The molecule has 2 atom stereocenters. The average Bonchev–Trinajstić information content (AvgIpc) is 2.65. The van der Waals surface area contributed by atoms with Crippen molar-refractivity contribution in [1.82, 2.24) is 0 Å². The summed E-state index contributed by atoms with van der Waals surface area (Å²) in [6, 6.07) is 8.59. The van der Waals surface area contributed by atoms with Crippen LogP contribution < -0.4 is 10.1 Å². The first-order valence-electron chi connectivity index (χ1n) is 11.5. The molecule has 1 aliphatic heterocycles. The summed E-state index contributed by atoms with van der Waals surface area (Å²) in [5, 5.41) is 2.48. The monoisotopic (exact) mass is 390 g/mol. The van der Waals surface area contributed by atoms with Crippen molar-refractivity contribution in [2.75, 3.05) is 13.2 Å². The lowest BCUT2D eigenvalue weighted by Gasteiger charge is -2.42. The van der Waals surface area contributed by atoms with E-state index in [4.69, 9.17) is 9.47 Å². The highest BCUT2D eigenvalue weighted by molar-refractivity contribution is 5.26. The molecule has 2 rings (SSSR count). The van der Waals surface area contributed by atoms with E-state index in [1.807, 2.05) is 0 Å². The van der Waals surface area contributed by atoms with Gasteiger partial charge in [-0.25, -0.2) is 0 Å². The van der Waals surface area contributed by atoms with Gasteiger partial charge in [0.05, 0.1) is 18.8 Å². The normalized spacial score (nSPS) is 23.0. The van der Waals surface area contributed by atoms with Crippen molar-refractivity contribution in [3.63, 3.8) is 0 Å². The van der Waals surface area contributed by atoms with E-state index in [0.717, 1.165) is 24.8 Å². The highest BCUT2D eigenvalue weighted by Gasteiger charge is 2.37. The Labute approximate surface area is 173 Å². The number of nitrogens with two attached hydrogens (primary N) is 1. The molecule has 1 heterocycles. The molecule has 1 aromatic carbocycles. The van der Waals surface area contributed by atoms with E-state index in [0.29, 0.717) is 17.4 Å². The summed E-state index contributed by atoms with van der Waals surface area (Å²) in [5.74, 6) is 2.37. The van der Waals surface area contributed by atoms with Crippen molar-refractivity contribution >= 4 is 0 Å². The third kappa shape index (κ3) is 7.75. The SMILES string of the molecule is CC(C)CC[C@@]1(CC[NH2+]Cc2ccc(OC(C)C)cc2)CCO[C@@H](C(C)C)C1. The fraction of sp³-hybridized carbons (Fsp3) is 0.760. The number of benzene rings is 1. The molecule has 1 aromatic rings. The highest BCUT2D eigenvalue weighted by atomic mass is 16.5. The van der Waals surface area contributed by atoms with Crippen LogP contribution in [0.15, 0.2) is 24.3 Å². The first-order valence-corrected chi connectivity index (χ1v) is 11.5. The second-order valence-corrected chi connectivity index (χ2v) is 9.88. The van der Waals surface area contributed by atoms with Gasteiger partial charge in [-0.1, -0.05) is 34.1 Å². The van der Waals surface area contributed by atoms with E-state index in [9.17, 15) is 0 Å². The van der Waals surface area contributed by atoms with Crippen LogP contribution in [-0.2, 0) is 11.3 Å². The fourth-order valence-corrected chi connectivity index (χ4v) is 4.27. The Balaban J connectivity index is 1.85. The van der Waals surface area contributed by atoms with Crippen molar-refractivity contribution < 1.29 is 14.8 Å². The molecule has 0 spiro atoms. The minimum absolute atomic E-state index is 0.230. The molecule has 0 bridgehead atoms. The Morgan fingerprint density at radius 3 is 2.39 bits per heavy atom. The van der Waals surface area contributed by atoms with Gasteiger partial charge in [-0.15, -0.1) is 0 Å². The predicted molar refractivity (Wildman–Crippen MR) is 118 cm³/mol. The van der Waals surface area contributed by atoms with Gasteiger partial charge in [0, 0.05) is 18.6 Å². The molecule has 3 heteroatoms. The molecule has 1 fully saturated rings. The Morgan fingerprint density at radius 1 is 1.07 bits per heavy atom. The summed E-state index contributed by atoms with van der Waals surface area (Å²) in [7, 11) is 0. The molecule has 3 nitrogen and oxygen atoms in total. The first-order chi connectivity index (χ1) is 13.3. The molecule has 0 saturated carbocycles. The topological polar surface area (TPSA) is 35.1 Å². The van der Waals surface area contributed by atoms with Crippen LogP contribution in [0, 0.1) is 17.3 Å². The van der Waals surface area contributed by atoms with Gasteiger partial charge in [-0.05, 0) is 74.6 Å². The molecule has 0 amide bonds. The van der Waals surface area contributed by atoms with Gasteiger partial charge in [0.2, 0.25) is 0 Å². The minimum atomic E-state index is 0.230. The number of ether oxygens (including phenoxy) is 2. The maximum Gasteiger partial charge on any atom is 0.119 e. The number of quaternary nitrogens is 1. The van der Waals surface area contributed by atoms with Crippen molar-refractivity contribution in [3.05, 3.63) is 29.8 Å². The number of hydrogen-bond donors (Lipinski definition) is 1. The molecule has 28 heavy (non-hydrogen) atoms. The van der Waals surface area contributed by atoms with E-state index in [1.54, 1.807) is 0 Å². The van der Waals surface area contributed by atoms with Crippen LogP contribution in [0.5, 0.6) is 5.75 Å². The van der Waals surface area contributed by atoms with Crippen LogP contribution in [0.4, 0.5) is 0 Å². The fourth-order valence-electron chi connectivity index (χ4n) is 4.27. The molecule has 160 valence electrons. The maximum atomic E-state index is 6.09. The lowest BCUT2D eigenvalue weighted by Crippen LogP contribution is -2.83. The summed E-state index contributed by atoms with van der Waals surface area (Å²) >= 11 is 0. The first kappa shape index (κ1) is 23.2. The zero-order valence-corrected chi connectivity index (χ0v) is 19.2. The molecule has 1 aliphatic rings. The van der Waals surface area contributed by atoms with Crippen molar-refractivity contribution in [3.8, 4) is 5.75 Å². The lowest BCUT2D eigenvalue weighted by atomic mass is 9.69. The van der Waals surface area contributed by atoms with Crippen LogP contribution in [0.25, 0.3) is 0 Å². The Hall–Kier alpha value is -1.06. The third-order valence-corrected chi connectivity index (χ3v) is 6.15. The van der Waals surface area contributed by atoms with Crippen molar-refractivity contribution in [2.24, 2.45) is 17.3 Å².